The zero-order valence-electron chi connectivity index (χ0n) is 14.6. The molecule has 3 aliphatic rings. The van der Waals surface area contributed by atoms with Crippen LogP contribution in [0.2, 0.25) is 0 Å². The normalized spacial score (nSPS) is 22.6. The van der Waals surface area contributed by atoms with Crippen molar-refractivity contribution in [1.82, 2.24) is 29.4 Å². The second-order valence-corrected chi connectivity index (χ2v) is 7.93. The monoisotopic (exact) mass is 413 g/mol. The molecule has 0 amide bonds. The van der Waals surface area contributed by atoms with Crippen LogP contribution in [0.25, 0.3) is 11.2 Å². The fourth-order valence-electron chi connectivity index (χ4n) is 4.19. The number of halogens is 1. The van der Waals surface area contributed by atoms with Crippen molar-refractivity contribution in [1.29, 1.82) is 0 Å². The van der Waals surface area contributed by atoms with Gasteiger partial charge in [-0.15, -0.1) is 0 Å². The summed E-state index contributed by atoms with van der Waals surface area (Å²) in [5, 5.41) is 0. The van der Waals surface area contributed by atoms with Crippen molar-refractivity contribution in [2.75, 3.05) is 18.0 Å². The molecule has 6 rings (SSSR count). The summed E-state index contributed by atoms with van der Waals surface area (Å²) in [6.07, 6.45) is 6.63. The molecule has 26 heavy (non-hydrogen) atoms. The predicted octanol–water partition coefficient (Wildman–Crippen LogP) is 2.47. The number of pyridine rings is 1. The number of hydrogen-bond acceptors (Lipinski definition) is 6. The summed E-state index contributed by atoms with van der Waals surface area (Å²) >= 11 is 3.45. The highest BCUT2D eigenvalue weighted by molar-refractivity contribution is 9.10. The summed E-state index contributed by atoms with van der Waals surface area (Å²) in [5.41, 5.74) is 2.97. The van der Waals surface area contributed by atoms with E-state index < -0.39 is 0 Å². The third-order valence-corrected chi connectivity index (χ3v) is 5.88. The molecule has 0 N–H and O–H groups in total. The Hall–Kier alpha value is -2.06. The lowest BCUT2D eigenvalue weighted by Crippen LogP contribution is -2.69. The maximum Gasteiger partial charge on any atom is 0.165 e. The molecule has 0 radical (unpaired) electrons. The van der Waals surface area contributed by atoms with Crippen LogP contribution in [0.3, 0.4) is 0 Å². The third-order valence-electron chi connectivity index (χ3n) is 5.41. The SMILES string of the molecule is CCn1cnc2c(N3C4CC3CN(Cc3ccc(Br)cn3)C4)ncnc21. The van der Waals surface area contributed by atoms with Gasteiger partial charge in [-0.05, 0) is 41.4 Å². The van der Waals surface area contributed by atoms with Gasteiger partial charge in [0, 0.05) is 48.9 Å². The van der Waals surface area contributed by atoms with Crippen LogP contribution in [0.4, 0.5) is 5.82 Å². The van der Waals surface area contributed by atoms with Crippen molar-refractivity contribution in [3.63, 3.8) is 0 Å². The minimum Gasteiger partial charge on any atom is -0.346 e. The lowest BCUT2D eigenvalue weighted by atomic mass is 9.87. The Kier molecular flexibility index (Phi) is 3.90. The van der Waals surface area contributed by atoms with Crippen molar-refractivity contribution in [3.05, 3.63) is 41.2 Å². The number of anilines is 1. The average molecular weight is 414 g/mol. The maximum atomic E-state index is 4.58. The first kappa shape index (κ1) is 16.1. The van der Waals surface area contributed by atoms with Gasteiger partial charge in [0.25, 0.3) is 0 Å². The Morgan fingerprint density at radius 1 is 1.12 bits per heavy atom. The van der Waals surface area contributed by atoms with E-state index >= 15 is 0 Å². The van der Waals surface area contributed by atoms with E-state index in [-0.39, 0.29) is 0 Å². The topological polar surface area (TPSA) is 63.0 Å². The van der Waals surface area contributed by atoms with Gasteiger partial charge in [0.1, 0.15) is 6.33 Å². The molecule has 8 heteroatoms. The summed E-state index contributed by atoms with van der Waals surface area (Å²) < 4.78 is 3.09. The standard InChI is InChI=1S/C18H20BrN7/c1-2-25-11-23-16-17(25)21-10-22-18(16)26-14-5-15(26)9-24(8-14)7-13-4-3-12(19)6-20-13/h3-4,6,10-11,14-15H,2,5,7-9H2,1H3. The maximum absolute atomic E-state index is 4.58. The molecule has 0 saturated carbocycles. The number of rotatable bonds is 4. The fourth-order valence-corrected chi connectivity index (χ4v) is 4.42. The van der Waals surface area contributed by atoms with Crippen molar-refractivity contribution in [2.45, 2.75) is 38.5 Å². The lowest BCUT2D eigenvalue weighted by Gasteiger charge is -2.56. The zero-order valence-corrected chi connectivity index (χ0v) is 16.2. The fraction of sp³-hybridized carbons (Fsp3) is 0.444. The molecule has 3 aromatic heterocycles. The van der Waals surface area contributed by atoms with Gasteiger partial charge in [-0.2, -0.15) is 0 Å². The van der Waals surface area contributed by atoms with Crippen LogP contribution in [0.1, 0.15) is 19.0 Å². The van der Waals surface area contributed by atoms with Crippen LogP contribution < -0.4 is 4.90 Å². The molecule has 2 atom stereocenters. The largest absolute Gasteiger partial charge is 0.346 e. The molecular formula is C18H20BrN7. The van der Waals surface area contributed by atoms with Crippen molar-refractivity contribution in [2.24, 2.45) is 0 Å². The van der Waals surface area contributed by atoms with Gasteiger partial charge in [-0.1, -0.05) is 0 Å². The molecule has 3 aliphatic heterocycles. The number of aromatic nitrogens is 5. The number of piperazine rings is 1. The first-order chi connectivity index (χ1) is 12.7. The summed E-state index contributed by atoms with van der Waals surface area (Å²) in [7, 11) is 0. The molecule has 2 unspecified atom stereocenters. The molecule has 3 saturated heterocycles. The van der Waals surface area contributed by atoms with E-state index in [9.17, 15) is 0 Å². The van der Waals surface area contributed by atoms with E-state index in [4.69, 9.17) is 0 Å². The van der Waals surface area contributed by atoms with Crippen molar-refractivity contribution in [3.8, 4) is 0 Å². The van der Waals surface area contributed by atoms with E-state index in [1.807, 2.05) is 12.5 Å². The van der Waals surface area contributed by atoms with Crippen LogP contribution in [-0.4, -0.2) is 54.6 Å². The predicted molar refractivity (Wildman–Crippen MR) is 103 cm³/mol. The highest BCUT2D eigenvalue weighted by Gasteiger charge is 2.46. The number of piperidine rings is 1. The lowest BCUT2D eigenvalue weighted by molar-refractivity contribution is 0.107. The molecule has 3 aromatic rings. The number of imidazole rings is 1. The average Bonchev–Trinajstić information content (AvgIpc) is 3.08. The van der Waals surface area contributed by atoms with E-state index in [0.29, 0.717) is 12.1 Å². The molecular weight excluding hydrogens is 394 g/mol. The third kappa shape index (κ3) is 2.59. The first-order valence-electron chi connectivity index (χ1n) is 9.00. The molecule has 3 fully saturated rings. The van der Waals surface area contributed by atoms with Gasteiger partial charge in [-0.25, -0.2) is 15.0 Å². The molecule has 0 spiro atoms. The minimum absolute atomic E-state index is 0.495. The quantitative estimate of drug-likeness (QED) is 0.654. The van der Waals surface area contributed by atoms with E-state index in [1.165, 1.54) is 6.42 Å². The van der Waals surface area contributed by atoms with Gasteiger partial charge in [0.05, 0.1) is 12.0 Å². The van der Waals surface area contributed by atoms with Crippen molar-refractivity contribution >= 4 is 32.9 Å². The molecule has 134 valence electrons. The second kappa shape index (κ2) is 6.28. The van der Waals surface area contributed by atoms with Gasteiger partial charge >= 0.3 is 0 Å². The Morgan fingerprint density at radius 2 is 1.96 bits per heavy atom. The van der Waals surface area contributed by atoms with Gasteiger partial charge < -0.3 is 9.47 Å². The smallest absolute Gasteiger partial charge is 0.165 e. The van der Waals surface area contributed by atoms with Crippen LogP contribution in [0.15, 0.2) is 35.5 Å². The van der Waals surface area contributed by atoms with Crippen molar-refractivity contribution < 1.29 is 0 Å². The Labute approximate surface area is 160 Å². The minimum atomic E-state index is 0.495. The number of aryl methyl sites for hydroxylation is 1. The van der Waals surface area contributed by atoms with Crippen LogP contribution in [-0.2, 0) is 13.1 Å². The van der Waals surface area contributed by atoms with Crippen LogP contribution in [0.5, 0.6) is 0 Å². The molecule has 0 aliphatic carbocycles. The van der Waals surface area contributed by atoms with E-state index in [0.717, 1.165) is 53.3 Å². The van der Waals surface area contributed by atoms with Gasteiger partial charge in [0.2, 0.25) is 0 Å². The number of nitrogens with zero attached hydrogens (tertiary/aromatic N) is 7. The molecule has 6 heterocycles. The summed E-state index contributed by atoms with van der Waals surface area (Å²) in [4.78, 5) is 23.0. The number of fused-ring (bicyclic) bond motifs is 3. The van der Waals surface area contributed by atoms with Gasteiger partial charge in [-0.3, -0.25) is 9.88 Å². The summed E-state index contributed by atoms with van der Waals surface area (Å²) in [6.45, 7) is 5.95. The summed E-state index contributed by atoms with van der Waals surface area (Å²) in [6, 6.07) is 5.14. The van der Waals surface area contributed by atoms with E-state index in [2.05, 4.69) is 69.3 Å². The zero-order chi connectivity index (χ0) is 17.7. The molecule has 0 aromatic carbocycles. The molecule has 2 bridgehead atoms. The van der Waals surface area contributed by atoms with Crippen LogP contribution >= 0.6 is 15.9 Å². The highest BCUT2D eigenvalue weighted by Crippen LogP contribution is 2.38. The van der Waals surface area contributed by atoms with Crippen LogP contribution in [0, 0.1) is 0 Å². The first-order valence-corrected chi connectivity index (χ1v) is 9.79. The Morgan fingerprint density at radius 3 is 2.69 bits per heavy atom. The Bertz CT molecular complexity index is 926. The summed E-state index contributed by atoms with van der Waals surface area (Å²) in [5.74, 6) is 0.991. The Balaban J connectivity index is 1.35. The highest BCUT2D eigenvalue weighted by atomic mass is 79.9. The van der Waals surface area contributed by atoms with E-state index in [1.54, 1.807) is 6.33 Å². The number of hydrogen-bond donors (Lipinski definition) is 0. The second-order valence-electron chi connectivity index (χ2n) is 7.01. The van der Waals surface area contributed by atoms with Gasteiger partial charge in [0.15, 0.2) is 17.0 Å². The molecule has 7 nitrogen and oxygen atoms in total.